The summed E-state index contributed by atoms with van der Waals surface area (Å²) in [6.07, 6.45) is 4.02. The summed E-state index contributed by atoms with van der Waals surface area (Å²) in [6, 6.07) is 2.04. The second-order valence-electron chi connectivity index (χ2n) is 2.25. The van der Waals surface area contributed by atoms with E-state index >= 15 is 0 Å². The highest BCUT2D eigenvalue weighted by atomic mass is 16.3. The minimum absolute atomic E-state index is 0.972. The van der Waals surface area contributed by atoms with Crippen LogP contribution in [-0.4, -0.2) is 0 Å². The molecule has 1 heterocycles. The van der Waals surface area contributed by atoms with Gasteiger partial charge in [0.05, 0.1) is 0 Å². The number of hydrogen-bond donors (Lipinski definition) is 0. The van der Waals surface area contributed by atoms with Crippen LogP contribution in [0.5, 0.6) is 0 Å². The van der Waals surface area contributed by atoms with E-state index in [-0.39, 0.29) is 0 Å². The van der Waals surface area contributed by atoms with Gasteiger partial charge in [-0.05, 0) is 32.9 Å². The van der Waals surface area contributed by atoms with Crippen LogP contribution in [0.1, 0.15) is 19.6 Å². The first-order chi connectivity index (χ1) is 4.77. The Bertz CT molecular complexity index is 285. The minimum atomic E-state index is 0.972. The lowest BCUT2D eigenvalue weighted by molar-refractivity contribution is 0.501. The van der Waals surface area contributed by atoms with Crippen LogP contribution >= 0.6 is 0 Å². The Morgan fingerprint density at radius 1 is 1.30 bits per heavy atom. The Morgan fingerprint density at radius 2 is 2.00 bits per heavy atom. The molecule has 1 aromatic heterocycles. The largest absolute Gasteiger partial charge is 0.462 e. The summed E-state index contributed by atoms with van der Waals surface area (Å²) in [4.78, 5) is 0. The second kappa shape index (κ2) is 2.74. The van der Waals surface area contributed by atoms with Crippen LogP contribution in [0.4, 0.5) is 0 Å². The van der Waals surface area contributed by atoms with E-state index in [4.69, 9.17) is 4.42 Å². The van der Waals surface area contributed by atoms with Crippen molar-refractivity contribution in [2.75, 3.05) is 0 Å². The summed E-state index contributed by atoms with van der Waals surface area (Å²) < 4.78 is 5.37. The van der Waals surface area contributed by atoms with Gasteiger partial charge in [0.25, 0.3) is 0 Å². The fourth-order valence-electron chi connectivity index (χ4n) is 1.00. The molecule has 0 aliphatic carbocycles. The predicted molar refractivity (Wildman–Crippen MR) is 43.0 cm³/mol. The molecule has 0 aliphatic rings. The average Bonchev–Trinajstić information content (AvgIpc) is 2.30. The van der Waals surface area contributed by atoms with Crippen molar-refractivity contribution in [2.45, 2.75) is 20.8 Å². The zero-order chi connectivity index (χ0) is 7.56. The summed E-state index contributed by atoms with van der Waals surface area (Å²) >= 11 is 0. The number of aryl methyl sites for hydroxylation is 1. The quantitative estimate of drug-likeness (QED) is 0.522. The van der Waals surface area contributed by atoms with Gasteiger partial charge in [-0.25, -0.2) is 0 Å². The highest BCUT2D eigenvalue weighted by Gasteiger charge is 1.89. The minimum Gasteiger partial charge on any atom is -0.462 e. The molecule has 0 atom stereocenters. The predicted octanol–water partition coefficient (Wildman–Crippen LogP) is 1.19. The van der Waals surface area contributed by atoms with E-state index in [0.29, 0.717) is 0 Å². The van der Waals surface area contributed by atoms with Crippen LogP contribution in [0.2, 0.25) is 0 Å². The van der Waals surface area contributed by atoms with Crippen molar-refractivity contribution in [2.24, 2.45) is 0 Å². The van der Waals surface area contributed by atoms with E-state index in [1.54, 1.807) is 0 Å². The first-order valence-corrected chi connectivity index (χ1v) is 3.47. The summed E-state index contributed by atoms with van der Waals surface area (Å²) in [5, 5.41) is 1.18. The topological polar surface area (TPSA) is 13.1 Å². The fraction of sp³-hybridized carbons (Fsp3) is 0.333. The molecule has 1 aromatic rings. The van der Waals surface area contributed by atoms with Crippen LogP contribution in [0.3, 0.4) is 0 Å². The van der Waals surface area contributed by atoms with E-state index in [2.05, 4.69) is 0 Å². The van der Waals surface area contributed by atoms with Gasteiger partial charge in [0.15, 0.2) is 0 Å². The molecule has 0 saturated heterocycles. The first kappa shape index (κ1) is 7.13. The summed E-state index contributed by atoms with van der Waals surface area (Å²) in [5.41, 5.74) is 0.972. The van der Waals surface area contributed by atoms with E-state index in [9.17, 15) is 0 Å². The molecule has 0 aromatic carbocycles. The van der Waals surface area contributed by atoms with Gasteiger partial charge >= 0.3 is 0 Å². The maximum absolute atomic E-state index is 5.37. The monoisotopic (exact) mass is 136 g/mol. The molecule has 0 spiro atoms. The Morgan fingerprint density at radius 3 is 2.40 bits per heavy atom. The van der Waals surface area contributed by atoms with Crippen LogP contribution in [0.25, 0.3) is 12.2 Å². The third kappa shape index (κ3) is 1.13. The van der Waals surface area contributed by atoms with Gasteiger partial charge in [-0.3, -0.25) is 0 Å². The van der Waals surface area contributed by atoms with Crippen molar-refractivity contribution >= 4 is 12.2 Å². The van der Waals surface area contributed by atoms with Gasteiger partial charge in [0.2, 0.25) is 0 Å². The van der Waals surface area contributed by atoms with Crippen LogP contribution < -0.4 is 10.6 Å². The zero-order valence-electron chi connectivity index (χ0n) is 6.64. The summed E-state index contributed by atoms with van der Waals surface area (Å²) in [7, 11) is 0. The van der Waals surface area contributed by atoms with E-state index < -0.39 is 0 Å². The average molecular weight is 136 g/mol. The first-order valence-electron chi connectivity index (χ1n) is 3.47. The Labute approximate surface area is 60.7 Å². The van der Waals surface area contributed by atoms with Crippen molar-refractivity contribution in [3.63, 3.8) is 0 Å². The molecular weight excluding hydrogens is 124 g/mol. The van der Waals surface area contributed by atoms with Crippen molar-refractivity contribution < 1.29 is 4.42 Å². The molecule has 0 N–H and O–H groups in total. The van der Waals surface area contributed by atoms with Gasteiger partial charge < -0.3 is 4.42 Å². The zero-order valence-corrected chi connectivity index (χ0v) is 6.64. The lowest BCUT2D eigenvalue weighted by atomic mass is 10.3. The molecule has 0 amide bonds. The molecule has 1 rings (SSSR count). The molecule has 0 unspecified atom stereocenters. The lowest BCUT2D eigenvalue weighted by Crippen LogP contribution is -2.17. The summed E-state index contributed by atoms with van der Waals surface area (Å²) in [6.45, 7) is 5.95. The number of rotatable bonds is 0. The highest BCUT2D eigenvalue weighted by molar-refractivity contribution is 5.25. The van der Waals surface area contributed by atoms with Gasteiger partial charge in [-0.1, -0.05) is 6.08 Å². The summed E-state index contributed by atoms with van der Waals surface area (Å²) in [5.74, 6) is 0.973. The lowest BCUT2D eigenvalue weighted by Gasteiger charge is -1.74. The van der Waals surface area contributed by atoms with E-state index in [1.165, 1.54) is 5.22 Å². The molecule has 0 radical (unpaired) electrons. The maximum atomic E-state index is 5.37. The molecule has 1 nitrogen and oxygen atoms in total. The second-order valence-corrected chi connectivity index (χ2v) is 2.25. The number of hydrogen-bond acceptors (Lipinski definition) is 1. The van der Waals surface area contributed by atoms with Gasteiger partial charge in [-0.15, -0.1) is 0 Å². The van der Waals surface area contributed by atoms with E-state index in [1.807, 2.05) is 39.0 Å². The van der Waals surface area contributed by atoms with Gasteiger partial charge in [0.1, 0.15) is 11.2 Å². The fourth-order valence-corrected chi connectivity index (χ4v) is 1.00. The molecule has 0 bridgehead atoms. The van der Waals surface area contributed by atoms with Crippen molar-refractivity contribution in [3.05, 3.63) is 22.5 Å². The van der Waals surface area contributed by atoms with Gasteiger partial charge in [0, 0.05) is 5.22 Å². The highest BCUT2D eigenvalue weighted by Crippen LogP contribution is 1.84. The van der Waals surface area contributed by atoms with Crippen molar-refractivity contribution in [1.82, 2.24) is 0 Å². The molecular formula is C9H12O. The Kier molecular flexibility index (Phi) is 1.95. The van der Waals surface area contributed by atoms with Gasteiger partial charge in [-0.2, -0.15) is 0 Å². The van der Waals surface area contributed by atoms with Crippen LogP contribution in [0, 0.1) is 6.92 Å². The van der Waals surface area contributed by atoms with Crippen LogP contribution in [0.15, 0.2) is 10.5 Å². The smallest absolute Gasteiger partial charge is 0.129 e. The number of furan rings is 1. The third-order valence-electron chi connectivity index (χ3n) is 1.49. The molecule has 54 valence electrons. The van der Waals surface area contributed by atoms with Crippen molar-refractivity contribution in [1.29, 1.82) is 0 Å². The van der Waals surface area contributed by atoms with Crippen molar-refractivity contribution in [3.8, 4) is 0 Å². The molecule has 0 fully saturated rings. The molecule has 10 heavy (non-hydrogen) atoms. The SMILES string of the molecule is C/C=c1/cc(C)o/c1=C/C. The van der Waals surface area contributed by atoms with E-state index in [0.717, 1.165) is 11.2 Å². The van der Waals surface area contributed by atoms with Crippen LogP contribution in [-0.2, 0) is 0 Å². The molecule has 0 aliphatic heterocycles. The normalized spacial score (nSPS) is 14.7. The Hall–Kier alpha value is -0.980. The molecule has 1 heteroatoms. The maximum Gasteiger partial charge on any atom is 0.129 e. The standard InChI is InChI=1S/C9H12O/c1-4-8-6-7(3)10-9(8)5-2/h4-6H,1-3H3/b8-4-,9-5+. The Balaban J connectivity index is 3.53. The third-order valence-corrected chi connectivity index (χ3v) is 1.49. The molecule has 0 saturated carbocycles.